The molecule has 1 unspecified atom stereocenters. The Kier molecular flexibility index (Phi) is 15.5. The van der Waals surface area contributed by atoms with Gasteiger partial charge in [-0.2, -0.15) is 0 Å². The minimum atomic E-state index is -0.445. The number of aliphatic hydroxyl groups excluding tert-OH is 1. The molecule has 1 atom stereocenters. The van der Waals surface area contributed by atoms with Crippen molar-refractivity contribution in [2.45, 2.75) is 52.8 Å². The fraction of sp³-hybridized carbons (Fsp3) is 0.286. The molecule has 6 nitrogen and oxygen atoms in total. The van der Waals surface area contributed by atoms with Crippen LogP contribution in [0.4, 0.5) is 0 Å². The number of aromatic nitrogens is 2. The van der Waals surface area contributed by atoms with Gasteiger partial charge in [0, 0.05) is 62.4 Å². The van der Waals surface area contributed by atoms with Gasteiger partial charge in [0.25, 0.3) is 11.1 Å². The first kappa shape index (κ1) is 36.2. The molecule has 4 rings (SSSR count). The number of aliphatic hydroxyl groups is 1. The largest absolute Gasteiger partial charge is 2.00 e. The summed E-state index contributed by atoms with van der Waals surface area (Å²) in [4.78, 5) is 37.6. The van der Waals surface area contributed by atoms with Gasteiger partial charge in [0.2, 0.25) is 0 Å². The van der Waals surface area contributed by atoms with Crippen molar-refractivity contribution in [2.24, 2.45) is 0 Å². The molecule has 0 aromatic carbocycles. The van der Waals surface area contributed by atoms with Crippen LogP contribution in [-0.4, -0.2) is 43.6 Å². The average molecular weight is 630 g/mol. The minimum Gasteiger partial charge on any atom is -1.00 e. The Morgan fingerprint density at radius 1 is 0.737 bits per heavy atom. The third kappa shape index (κ3) is 9.13. The van der Waals surface area contributed by atoms with Crippen molar-refractivity contribution in [3.8, 4) is 20.9 Å². The first-order chi connectivity index (χ1) is 16.6. The summed E-state index contributed by atoms with van der Waals surface area (Å²) in [7, 11) is 0. The number of carbonyl (C=O) groups excluding carboxylic acids is 1. The molecule has 1 N–H and O–H groups in total. The molecule has 0 saturated heterocycles. The van der Waals surface area contributed by atoms with Crippen molar-refractivity contribution in [3.63, 3.8) is 0 Å². The summed E-state index contributed by atoms with van der Waals surface area (Å²) in [6, 6.07) is 14.7. The molecular formula is C28H33BrMgN2O4S2. The molecular weight excluding hydrogens is 597 g/mol. The van der Waals surface area contributed by atoms with E-state index in [1.165, 1.54) is 11.3 Å². The van der Waals surface area contributed by atoms with Crippen LogP contribution in [0.5, 0.6) is 0 Å². The van der Waals surface area contributed by atoms with E-state index in [0.29, 0.717) is 4.88 Å². The quantitative estimate of drug-likeness (QED) is 0.202. The Morgan fingerprint density at radius 3 is 1.55 bits per heavy atom. The van der Waals surface area contributed by atoms with Crippen LogP contribution in [0.3, 0.4) is 0 Å². The van der Waals surface area contributed by atoms with Crippen LogP contribution >= 0.6 is 22.7 Å². The van der Waals surface area contributed by atoms with Crippen LogP contribution < -0.4 is 28.1 Å². The third-order valence-electron chi connectivity index (χ3n) is 5.34. The first-order valence-corrected chi connectivity index (χ1v) is 13.0. The average Bonchev–Trinajstić information content (AvgIpc) is 3.50. The zero-order valence-corrected chi connectivity index (χ0v) is 27.2. The number of pyridine rings is 2. The van der Waals surface area contributed by atoms with Gasteiger partial charge in [0.05, 0.1) is 11.0 Å². The smallest absolute Gasteiger partial charge is 1.00 e. The molecule has 0 saturated carbocycles. The maximum atomic E-state index is 11.7. The summed E-state index contributed by atoms with van der Waals surface area (Å²) in [5.74, 6) is 0. The van der Waals surface area contributed by atoms with Crippen LogP contribution in [0, 0.1) is 7.43 Å². The van der Waals surface area contributed by atoms with Gasteiger partial charge in [-0.05, 0) is 71.0 Å². The second-order valence-electron chi connectivity index (χ2n) is 8.71. The van der Waals surface area contributed by atoms with E-state index in [1.54, 1.807) is 51.7 Å². The molecule has 4 aromatic heterocycles. The Balaban J connectivity index is 0.000000669. The van der Waals surface area contributed by atoms with Gasteiger partial charge in [-0.3, -0.25) is 14.4 Å². The van der Waals surface area contributed by atoms with Gasteiger partial charge in [0.1, 0.15) is 0 Å². The van der Waals surface area contributed by atoms with E-state index >= 15 is 0 Å². The van der Waals surface area contributed by atoms with Crippen LogP contribution in [0.1, 0.15) is 67.4 Å². The predicted octanol–water partition coefficient (Wildman–Crippen LogP) is 3.25. The van der Waals surface area contributed by atoms with E-state index in [0.717, 1.165) is 32.0 Å². The molecule has 0 aliphatic rings. The van der Waals surface area contributed by atoms with Crippen LogP contribution in [0.25, 0.3) is 20.9 Å². The van der Waals surface area contributed by atoms with Crippen molar-refractivity contribution in [3.05, 3.63) is 98.8 Å². The van der Waals surface area contributed by atoms with Crippen molar-refractivity contribution in [2.75, 3.05) is 0 Å². The van der Waals surface area contributed by atoms with E-state index in [4.69, 9.17) is 0 Å². The number of thiophene rings is 2. The summed E-state index contributed by atoms with van der Waals surface area (Å²) in [5, 5.41) is 9.53. The molecule has 0 aliphatic carbocycles. The SMILES string of the molecule is CC(C)n1cc(-c2ccc(C=O)s2)ccc1=O.CC(O)c1ccc(-c2ccc(=O)n(C(C)C)c2)s1.[Br-].[CH3-].[Mg+2]. The molecule has 0 spiro atoms. The fourth-order valence-corrected chi connectivity index (χ4v) is 5.16. The van der Waals surface area contributed by atoms with E-state index in [-0.39, 0.29) is 70.7 Å². The van der Waals surface area contributed by atoms with Gasteiger partial charge in [-0.1, -0.05) is 0 Å². The first-order valence-electron chi connectivity index (χ1n) is 11.4. The van der Waals surface area contributed by atoms with Gasteiger partial charge in [-0.15, -0.1) is 22.7 Å². The number of hydrogen-bond acceptors (Lipinski definition) is 6. The number of aldehydes is 1. The van der Waals surface area contributed by atoms with Crippen molar-refractivity contribution >= 4 is 52.0 Å². The summed E-state index contributed by atoms with van der Waals surface area (Å²) in [5.41, 5.74) is 1.99. The van der Waals surface area contributed by atoms with Crippen molar-refractivity contribution < 1.29 is 26.9 Å². The molecule has 38 heavy (non-hydrogen) atoms. The fourth-order valence-electron chi connectivity index (χ4n) is 3.41. The zero-order chi connectivity index (χ0) is 25.7. The van der Waals surface area contributed by atoms with Crippen molar-refractivity contribution in [1.29, 1.82) is 0 Å². The van der Waals surface area contributed by atoms with E-state index in [1.807, 2.05) is 64.4 Å². The van der Waals surface area contributed by atoms with Gasteiger partial charge in [-0.25, -0.2) is 0 Å². The molecule has 0 bridgehead atoms. The zero-order valence-electron chi connectivity index (χ0n) is 22.6. The number of hydrogen-bond donors (Lipinski definition) is 1. The van der Waals surface area contributed by atoms with Crippen LogP contribution in [0.15, 0.2) is 70.5 Å². The standard InChI is InChI=1S/C14H17NO2S.C13H13NO2S.CH3.BrH.Mg/c1-9(2)15-8-11(4-7-14(15)17)13-6-5-12(18-13)10(3)16;1-9(2)14-7-10(3-6-13(14)16)12-5-4-11(8-15)17-12;;;/h4-10,16H,1-3H3;3-9H,1-2H3;1H3;1H;/q;;-1;;+2/p-1. The third-order valence-corrected chi connectivity index (χ3v) is 7.70. The number of nitrogens with zero attached hydrogens (tertiary/aromatic N) is 2. The summed E-state index contributed by atoms with van der Waals surface area (Å²) < 4.78 is 3.41. The van der Waals surface area contributed by atoms with Gasteiger partial charge >= 0.3 is 23.1 Å². The van der Waals surface area contributed by atoms with E-state index in [9.17, 15) is 19.5 Å². The number of halogens is 1. The van der Waals surface area contributed by atoms with Crippen LogP contribution in [-0.2, 0) is 0 Å². The topological polar surface area (TPSA) is 81.3 Å². The maximum Gasteiger partial charge on any atom is 2.00 e. The molecule has 4 heterocycles. The van der Waals surface area contributed by atoms with Gasteiger partial charge < -0.3 is 38.6 Å². The molecule has 200 valence electrons. The summed E-state index contributed by atoms with van der Waals surface area (Å²) in [6.07, 6.45) is 4.12. The molecule has 4 aromatic rings. The Morgan fingerprint density at radius 2 is 1.18 bits per heavy atom. The molecule has 10 heteroatoms. The van der Waals surface area contributed by atoms with Gasteiger partial charge in [0.15, 0.2) is 6.29 Å². The summed E-state index contributed by atoms with van der Waals surface area (Å²) >= 11 is 2.98. The molecule has 0 radical (unpaired) electrons. The number of rotatable bonds is 6. The maximum absolute atomic E-state index is 11.7. The molecule has 0 fully saturated rings. The van der Waals surface area contributed by atoms with Crippen molar-refractivity contribution in [1.82, 2.24) is 9.13 Å². The minimum absolute atomic E-state index is 0. The second-order valence-corrected chi connectivity index (χ2v) is 10.9. The molecule has 0 aliphatic heterocycles. The Bertz CT molecular complexity index is 1420. The Labute approximate surface area is 258 Å². The second kappa shape index (κ2) is 16.3. The summed E-state index contributed by atoms with van der Waals surface area (Å²) in [6.45, 7) is 9.67. The normalized spacial score (nSPS) is 10.9. The predicted molar refractivity (Wildman–Crippen MR) is 157 cm³/mol. The number of carbonyl (C=O) groups is 1. The monoisotopic (exact) mass is 628 g/mol. The molecule has 0 amide bonds. The Hall–Kier alpha value is -1.82. The van der Waals surface area contributed by atoms with Crippen LogP contribution in [0.2, 0.25) is 0 Å². The van der Waals surface area contributed by atoms with E-state index < -0.39 is 6.10 Å². The van der Waals surface area contributed by atoms with E-state index in [2.05, 4.69) is 0 Å².